The van der Waals surface area contributed by atoms with Gasteiger partial charge in [-0.2, -0.15) is 0 Å². The molecule has 0 saturated heterocycles. The number of anilines is 1. The smallest absolute Gasteiger partial charge is 0.291 e. The van der Waals surface area contributed by atoms with Gasteiger partial charge < -0.3 is 29.8 Å². The summed E-state index contributed by atoms with van der Waals surface area (Å²) in [7, 11) is 2.85. The Balaban J connectivity index is 2.41. The molecule has 1 aromatic heterocycles. The SMILES string of the molecule is C=CC(=O)N/C(=C/N=C)C(N/C(=C/c1cc(C(=O)Nc2c(Cl)c(OC)cc(OC)c2Cl)oc1C)N=C)=C(C)C. The van der Waals surface area contributed by atoms with E-state index in [1.807, 2.05) is 13.8 Å². The molecular weight excluding hydrogens is 545 g/mol. The van der Waals surface area contributed by atoms with Gasteiger partial charge in [0, 0.05) is 11.6 Å². The summed E-state index contributed by atoms with van der Waals surface area (Å²) in [6.07, 6.45) is 4.13. The zero-order chi connectivity index (χ0) is 29.3. The zero-order valence-corrected chi connectivity index (χ0v) is 23.7. The lowest BCUT2D eigenvalue weighted by Crippen LogP contribution is -2.27. The molecule has 0 spiro atoms. The summed E-state index contributed by atoms with van der Waals surface area (Å²) >= 11 is 12.7. The first-order valence-corrected chi connectivity index (χ1v) is 12.0. The average molecular weight is 574 g/mol. The number of furan rings is 1. The second-order valence-corrected chi connectivity index (χ2v) is 8.72. The van der Waals surface area contributed by atoms with Crippen molar-refractivity contribution in [3.8, 4) is 11.5 Å². The Bertz CT molecular complexity index is 1370. The van der Waals surface area contributed by atoms with Crippen LogP contribution < -0.4 is 25.4 Å². The Hall–Kier alpha value is -4.28. The van der Waals surface area contributed by atoms with Crippen molar-refractivity contribution in [3.63, 3.8) is 0 Å². The Labute approximate surface area is 236 Å². The van der Waals surface area contributed by atoms with Crippen LogP contribution in [0.3, 0.4) is 0 Å². The predicted molar refractivity (Wildman–Crippen MR) is 156 cm³/mol. The van der Waals surface area contributed by atoms with Crippen molar-refractivity contribution in [2.75, 3.05) is 19.5 Å². The first-order valence-electron chi connectivity index (χ1n) is 11.3. The van der Waals surface area contributed by atoms with E-state index in [4.69, 9.17) is 37.1 Å². The molecule has 2 rings (SSSR count). The van der Waals surface area contributed by atoms with Crippen molar-refractivity contribution >= 4 is 60.2 Å². The van der Waals surface area contributed by atoms with Crippen LogP contribution in [0.15, 0.2) is 68.2 Å². The third kappa shape index (κ3) is 7.62. The van der Waals surface area contributed by atoms with Crippen LogP contribution in [-0.2, 0) is 4.79 Å². The molecule has 39 heavy (non-hydrogen) atoms. The van der Waals surface area contributed by atoms with Gasteiger partial charge in [0.1, 0.15) is 33.1 Å². The second-order valence-electron chi connectivity index (χ2n) is 7.97. The monoisotopic (exact) mass is 573 g/mol. The largest absolute Gasteiger partial charge is 0.495 e. The molecule has 0 aliphatic rings. The van der Waals surface area contributed by atoms with Gasteiger partial charge in [-0.05, 0) is 52.4 Å². The molecule has 0 atom stereocenters. The molecule has 3 N–H and O–H groups in total. The fraction of sp³-hybridized carbons (Fsp3) is 0.185. The third-order valence-electron chi connectivity index (χ3n) is 5.14. The number of aryl methyl sites for hydroxylation is 1. The lowest BCUT2D eigenvalue weighted by atomic mass is 10.2. The minimum absolute atomic E-state index is 0.0202. The number of aliphatic imine (C=N–C) groups is 2. The molecule has 2 amide bonds. The van der Waals surface area contributed by atoms with Crippen molar-refractivity contribution in [2.24, 2.45) is 9.98 Å². The molecule has 12 heteroatoms. The Morgan fingerprint density at radius 1 is 1.05 bits per heavy atom. The van der Waals surface area contributed by atoms with Gasteiger partial charge in [-0.1, -0.05) is 35.4 Å². The summed E-state index contributed by atoms with van der Waals surface area (Å²) in [5, 5.41) is 8.62. The number of methoxy groups -OCH3 is 2. The highest BCUT2D eigenvalue weighted by Gasteiger charge is 2.22. The topological polar surface area (TPSA) is 127 Å². The lowest BCUT2D eigenvalue weighted by Gasteiger charge is -2.16. The van der Waals surface area contributed by atoms with Crippen LogP contribution in [0.25, 0.3) is 6.08 Å². The van der Waals surface area contributed by atoms with Crippen molar-refractivity contribution in [1.29, 1.82) is 0 Å². The summed E-state index contributed by atoms with van der Waals surface area (Å²) in [6.45, 7) is 15.8. The molecule has 0 aliphatic heterocycles. The number of carbonyl (C=O) groups is 2. The summed E-state index contributed by atoms with van der Waals surface area (Å²) in [5.41, 5.74) is 2.29. The molecule has 0 aliphatic carbocycles. The van der Waals surface area contributed by atoms with E-state index in [0.717, 1.165) is 11.6 Å². The maximum atomic E-state index is 13.0. The van der Waals surface area contributed by atoms with Gasteiger partial charge in [0.15, 0.2) is 5.76 Å². The van der Waals surface area contributed by atoms with E-state index in [-0.39, 0.29) is 33.0 Å². The number of hydrogen-bond acceptors (Lipinski definition) is 8. The van der Waals surface area contributed by atoms with Crippen LogP contribution in [0.5, 0.6) is 11.5 Å². The minimum atomic E-state index is -0.614. The van der Waals surface area contributed by atoms with Crippen LogP contribution in [0.4, 0.5) is 5.69 Å². The highest BCUT2D eigenvalue weighted by molar-refractivity contribution is 6.41. The molecular formula is C27H29Cl2N5O5. The molecule has 0 fully saturated rings. The van der Waals surface area contributed by atoms with Crippen LogP contribution >= 0.6 is 23.2 Å². The average Bonchev–Trinajstić information content (AvgIpc) is 3.28. The van der Waals surface area contributed by atoms with Gasteiger partial charge in [0.05, 0.1) is 37.5 Å². The molecule has 1 heterocycles. The van der Waals surface area contributed by atoms with E-state index < -0.39 is 11.8 Å². The van der Waals surface area contributed by atoms with Gasteiger partial charge in [-0.3, -0.25) is 14.6 Å². The van der Waals surface area contributed by atoms with E-state index in [1.165, 1.54) is 32.6 Å². The highest BCUT2D eigenvalue weighted by atomic mass is 35.5. The van der Waals surface area contributed by atoms with Crippen LogP contribution in [0.2, 0.25) is 10.0 Å². The number of benzene rings is 1. The first-order chi connectivity index (χ1) is 18.5. The fourth-order valence-corrected chi connectivity index (χ4v) is 3.81. The maximum Gasteiger partial charge on any atom is 0.291 e. The van der Waals surface area contributed by atoms with E-state index in [1.54, 1.807) is 13.0 Å². The van der Waals surface area contributed by atoms with Gasteiger partial charge >= 0.3 is 0 Å². The number of nitrogens with zero attached hydrogens (tertiary/aromatic N) is 2. The summed E-state index contributed by atoms with van der Waals surface area (Å²) in [5.74, 6) is 0.182. The number of allylic oxidation sites excluding steroid dienone is 1. The Kier molecular flexibility index (Phi) is 11.1. The summed E-state index contributed by atoms with van der Waals surface area (Å²) in [6, 6.07) is 3.02. The van der Waals surface area contributed by atoms with Gasteiger partial charge in [0.2, 0.25) is 5.91 Å². The third-order valence-corrected chi connectivity index (χ3v) is 5.89. The molecule has 0 saturated carbocycles. The normalized spacial score (nSPS) is 11.3. The van der Waals surface area contributed by atoms with Crippen LogP contribution in [0, 0.1) is 6.92 Å². The summed E-state index contributed by atoms with van der Waals surface area (Å²) in [4.78, 5) is 32.7. The Morgan fingerprint density at radius 3 is 2.15 bits per heavy atom. The number of amides is 2. The molecule has 0 bridgehead atoms. The lowest BCUT2D eigenvalue weighted by molar-refractivity contribution is -0.115. The number of ether oxygens (including phenoxy) is 2. The number of halogens is 2. The van der Waals surface area contributed by atoms with Gasteiger partial charge in [0.25, 0.3) is 5.91 Å². The zero-order valence-electron chi connectivity index (χ0n) is 22.2. The Morgan fingerprint density at radius 2 is 1.67 bits per heavy atom. The summed E-state index contributed by atoms with van der Waals surface area (Å²) < 4.78 is 16.2. The molecule has 0 radical (unpaired) electrons. The standard InChI is InChI=1S/C27H29Cl2N5O5/c1-9-22(35)32-17(13-30-5)25(14(2)3)33-21(31-6)11-16-10-20(39-15(16)4)27(36)34-26-23(28)18(37-7)12-19(38-8)24(26)29/h9-13,33H,1,5-6H2,2-4,7-8H3,(H,32,35)(H,34,36)/b17-13+,21-11+. The number of nitrogens with one attached hydrogen (secondary N) is 3. The molecule has 206 valence electrons. The van der Waals surface area contributed by atoms with Gasteiger partial charge in [-0.25, -0.2) is 4.99 Å². The number of hydrogen-bond donors (Lipinski definition) is 3. The first kappa shape index (κ1) is 30.9. The van der Waals surface area contributed by atoms with E-state index in [2.05, 4.69) is 45.9 Å². The van der Waals surface area contributed by atoms with Crippen LogP contribution in [-0.4, -0.2) is 39.5 Å². The van der Waals surface area contributed by atoms with Crippen molar-refractivity contribution in [3.05, 3.63) is 80.9 Å². The van der Waals surface area contributed by atoms with Crippen molar-refractivity contribution in [2.45, 2.75) is 20.8 Å². The highest BCUT2D eigenvalue weighted by Crippen LogP contribution is 2.44. The van der Waals surface area contributed by atoms with E-state index >= 15 is 0 Å². The quantitative estimate of drug-likeness (QED) is 0.165. The molecule has 0 unspecified atom stereocenters. The van der Waals surface area contributed by atoms with Crippen molar-refractivity contribution < 1.29 is 23.5 Å². The molecule has 1 aromatic carbocycles. The minimum Gasteiger partial charge on any atom is -0.495 e. The van der Waals surface area contributed by atoms with E-state index in [0.29, 0.717) is 28.5 Å². The fourth-order valence-electron chi connectivity index (χ4n) is 3.21. The molecule has 2 aromatic rings. The second kappa shape index (κ2) is 14.0. The van der Waals surface area contributed by atoms with E-state index in [9.17, 15) is 9.59 Å². The van der Waals surface area contributed by atoms with Crippen LogP contribution in [0.1, 0.15) is 35.7 Å². The van der Waals surface area contributed by atoms with Gasteiger partial charge in [-0.15, -0.1) is 0 Å². The van der Waals surface area contributed by atoms with Crippen molar-refractivity contribution in [1.82, 2.24) is 10.6 Å². The number of rotatable bonds is 12. The predicted octanol–water partition coefficient (Wildman–Crippen LogP) is 5.89. The number of carbonyl (C=O) groups excluding carboxylic acids is 2. The maximum absolute atomic E-state index is 13.0. The molecule has 10 nitrogen and oxygen atoms in total.